The molecule has 0 saturated carbocycles. The molecular formula is C23H16F2N2O3S. The van der Waals surface area contributed by atoms with Crippen molar-refractivity contribution in [2.75, 3.05) is 0 Å². The van der Waals surface area contributed by atoms with Crippen molar-refractivity contribution >= 4 is 10.7 Å². The van der Waals surface area contributed by atoms with Gasteiger partial charge in [0.25, 0.3) is 5.56 Å². The Balaban J connectivity index is 1.92. The Morgan fingerprint density at radius 3 is 2.16 bits per heavy atom. The molecule has 0 atom stereocenters. The minimum absolute atomic E-state index is 0.0835. The molecule has 0 N–H and O–H groups in total. The molecule has 0 aliphatic carbocycles. The second-order valence-electron chi connectivity index (χ2n) is 6.82. The predicted octanol–water partition coefficient (Wildman–Crippen LogP) is 3.96. The molecule has 156 valence electrons. The van der Waals surface area contributed by atoms with Crippen LogP contribution in [0.15, 0.2) is 83.8 Å². The van der Waals surface area contributed by atoms with Crippen LogP contribution in [0.25, 0.3) is 27.9 Å². The summed E-state index contributed by atoms with van der Waals surface area (Å²) in [5.41, 5.74) is 2.24. The van der Waals surface area contributed by atoms with E-state index in [4.69, 9.17) is 0 Å². The SMILES string of the molecule is O=c1c(-c2ccc(F)cc2)c(-c2ccc(C[SH](=O)=O)cc2)cnn1-c1cccc(F)c1. The smallest absolute Gasteiger partial charge is 0.267 e. The van der Waals surface area contributed by atoms with Gasteiger partial charge in [-0.2, -0.15) is 9.78 Å². The number of rotatable bonds is 5. The van der Waals surface area contributed by atoms with Crippen LogP contribution in [0.4, 0.5) is 8.78 Å². The van der Waals surface area contributed by atoms with Crippen LogP contribution in [0.5, 0.6) is 0 Å². The molecule has 1 heterocycles. The summed E-state index contributed by atoms with van der Waals surface area (Å²) in [5.74, 6) is -1.04. The first-order chi connectivity index (χ1) is 14.9. The summed E-state index contributed by atoms with van der Waals surface area (Å²) in [5, 5.41) is 4.21. The van der Waals surface area contributed by atoms with Crippen LogP contribution in [0.3, 0.4) is 0 Å². The fourth-order valence-electron chi connectivity index (χ4n) is 3.30. The summed E-state index contributed by atoms with van der Waals surface area (Å²) in [6.45, 7) is 0. The molecule has 8 heteroatoms. The molecule has 0 spiro atoms. The summed E-state index contributed by atoms with van der Waals surface area (Å²) >= 11 is 0. The van der Waals surface area contributed by atoms with Gasteiger partial charge in [-0.1, -0.05) is 42.5 Å². The lowest BCUT2D eigenvalue weighted by Gasteiger charge is -2.13. The molecule has 4 aromatic rings. The zero-order valence-corrected chi connectivity index (χ0v) is 16.9. The average Bonchev–Trinajstić information content (AvgIpc) is 2.74. The van der Waals surface area contributed by atoms with E-state index >= 15 is 0 Å². The standard InChI is InChI=1S/C23H16F2N2O3S/c24-18-10-8-17(9-11-18)22-21(16-6-4-15(5-7-16)14-31(29)30)13-26-27(23(22)28)20-3-1-2-19(25)12-20/h1-13,31H,14H2. The normalized spacial score (nSPS) is 11.1. The van der Waals surface area contributed by atoms with Gasteiger partial charge in [-0.15, -0.1) is 0 Å². The number of benzene rings is 3. The van der Waals surface area contributed by atoms with Crippen LogP contribution in [0.1, 0.15) is 5.56 Å². The third-order valence-corrected chi connectivity index (χ3v) is 5.36. The molecule has 0 aliphatic heterocycles. The zero-order valence-electron chi connectivity index (χ0n) is 16.0. The van der Waals surface area contributed by atoms with Crippen molar-refractivity contribution in [3.8, 4) is 27.9 Å². The van der Waals surface area contributed by atoms with E-state index in [-0.39, 0.29) is 17.0 Å². The second-order valence-corrected chi connectivity index (χ2v) is 7.81. The largest absolute Gasteiger partial charge is 0.280 e. The van der Waals surface area contributed by atoms with Crippen LogP contribution in [-0.2, 0) is 16.5 Å². The maximum absolute atomic E-state index is 13.7. The van der Waals surface area contributed by atoms with Crippen molar-refractivity contribution in [1.29, 1.82) is 0 Å². The molecule has 0 radical (unpaired) electrons. The molecule has 0 aliphatic rings. The lowest BCUT2D eigenvalue weighted by molar-refractivity contribution is 0.614. The molecule has 0 fully saturated rings. The first kappa shape index (κ1) is 20.6. The summed E-state index contributed by atoms with van der Waals surface area (Å²) < 4.78 is 50.2. The monoisotopic (exact) mass is 438 g/mol. The molecular weight excluding hydrogens is 422 g/mol. The first-order valence-electron chi connectivity index (χ1n) is 9.28. The maximum atomic E-state index is 13.7. The van der Waals surface area contributed by atoms with Crippen LogP contribution in [-0.4, -0.2) is 18.2 Å². The second kappa shape index (κ2) is 8.61. The summed E-state index contributed by atoms with van der Waals surface area (Å²) in [4.78, 5) is 13.4. The molecule has 4 rings (SSSR count). The van der Waals surface area contributed by atoms with Crippen molar-refractivity contribution in [2.45, 2.75) is 5.75 Å². The quantitative estimate of drug-likeness (QED) is 0.479. The van der Waals surface area contributed by atoms with Crippen molar-refractivity contribution in [3.05, 3.63) is 107 Å². The third-order valence-electron chi connectivity index (χ3n) is 4.74. The van der Waals surface area contributed by atoms with E-state index < -0.39 is 27.9 Å². The first-order valence-corrected chi connectivity index (χ1v) is 10.6. The summed E-state index contributed by atoms with van der Waals surface area (Å²) in [6.07, 6.45) is 1.48. The maximum Gasteiger partial charge on any atom is 0.280 e. The number of hydrogen-bond donors (Lipinski definition) is 1. The van der Waals surface area contributed by atoms with Crippen molar-refractivity contribution in [1.82, 2.24) is 9.78 Å². The minimum atomic E-state index is -2.56. The highest BCUT2D eigenvalue weighted by atomic mass is 32.2. The Bertz CT molecular complexity index is 1370. The van der Waals surface area contributed by atoms with E-state index in [9.17, 15) is 22.0 Å². The van der Waals surface area contributed by atoms with E-state index in [1.807, 2.05) is 0 Å². The van der Waals surface area contributed by atoms with Gasteiger partial charge < -0.3 is 0 Å². The number of hydrogen-bond acceptors (Lipinski definition) is 4. The molecule has 0 bridgehead atoms. The zero-order chi connectivity index (χ0) is 22.0. The Hall–Kier alpha value is -3.65. The molecule has 1 aromatic heterocycles. The van der Waals surface area contributed by atoms with E-state index in [0.717, 1.165) is 4.68 Å². The van der Waals surface area contributed by atoms with Gasteiger partial charge in [0, 0.05) is 5.56 Å². The van der Waals surface area contributed by atoms with Crippen LogP contribution in [0.2, 0.25) is 0 Å². The molecule has 5 nitrogen and oxygen atoms in total. The Labute approximate surface area is 178 Å². The van der Waals surface area contributed by atoms with Crippen LogP contribution < -0.4 is 5.56 Å². The number of halogens is 2. The number of nitrogens with zero attached hydrogens (tertiary/aromatic N) is 2. The van der Waals surface area contributed by atoms with Crippen molar-refractivity contribution in [2.24, 2.45) is 0 Å². The van der Waals surface area contributed by atoms with Gasteiger partial charge >= 0.3 is 0 Å². The Kier molecular flexibility index (Phi) is 5.73. The number of thiol groups is 1. The van der Waals surface area contributed by atoms with Crippen molar-refractivity contribution < 1.29 is 17.2 Å². The highest BCUT2D eigenvalue weighted by Gasteiger charge is 2.16. The van der Waals surface area contributed by atoms with Gasteiger partial charge in [-0.05, 0) is 47.0 Å². The van der Waals surface area contributed by atoms with E-state index in [0.29, 0.717) is 22.3 Å². The highest BCUT2D eigenvalue weighted by Crippen LogP contribution is 2.29. The molecule has 0 saturated heterocycles. The lowest BCUT2D eigenvalue weighted by atomic mass is 9.96. The van der Waals surface area contributed by atoms with Gasteiger partial charge in [0.2, 0.25) is 0 Å². The van der Waals surface area contributed by atoms with Crippen molar-refractivity contribution in [3.63, 3.8) is 0 Å². The predicted molar refractivity (Wildman–Crippen MR) is 115 cm³/mol. The van der Waals surface area contributed by atoms with Gasteiger partial charge in [-0.25, -0.2) is 17.2 Å². The fourth-order valence-corrected chi connectivity index (χ4v) is 3.81. The van der Waals surface area contributed by atoms with Crippen LogP contribution in [0, 0.1) is 11.6 Å². The topological polar surface area (TPSA) is 69.0 Å². The van der Waals surface area contributed by atoms with E-state index in [2.05, 4.69) is 5.10 Å². The Morgan fingerprint density at radius 2 is 1.52 bits per heavy atom. The third kappa shape index (κ3) is 4.44. The van der Waals surface area contributed by atoms with E-state index in [1.165, 1.54) is 48.7 Å². The van der Waals surface area contributed by atoms with Gasteiger partial charge in [0.15, 0.2) is 0 Å². The fraction of sp³-hybridized carbons (Fsp3) is 0.0435. The molecule has 0 unspecified atom stereocenters. The lowest BCUT2D eigenvalue weighted by Crippen LogP contribution is -2.23. The highest BCUT2D eigenvalue weighted by molar-refractivity contribution is 7.71. The Morgan fingerprint density at radius 1 is 0.839 bits per heavy atom. The van der Waals surface area contributed by atoms with Crippen LogP contribution >= 0.6 is 0 Å². The molecule has 0 amide bonds. The van der Waals surface area contributed by atoms with Gasteiger partial charge in [0.05, 0.1) is 23.2 Å². The van der Waals surface area contributed by atoms with Gasteiger partial charge in [0.1, 0.15) is 22.3 Å². The van der Waals surface area contributed by atoms with E-state index in [1.54, 1.807) is 30.3 Å². The summed E-state index contributed by atoms with van der Waals surface area (Å²) in [6, 6.07) is 17.7. The van der Waals surface area contributed by atoms with Gasteiger partial charge in [-0.3, -0.25) is 4.79 Å². The summed E-state index contributed by atoms with van der Waals surface area (Å²) in [7, 11) is -2.56. The minimum Gasteiger partial charge on any atom is -0.267 e. The average molecular weight is 438 g/mol. The molecule has 3 aromatic carbocycles. The molecule has 31 heavy (non-hydrogen) atoms. The number of aromatic nitrogens is 2.